The predicted molar refractivity (Wildman–Crippen MR) is 78.0 cm³/mol. The summed E-state index contributed by atoms with van der Waals surface area (Å²) in [6, 6.07) is 3.93. The molecule has 2 atom stereocenters. The maximum atomic E-state index is 12.2. The average Bonchev–Trinajstić information content (AvgIpc) is 2.34. The van der Waals surface area contributed by atoms with E-state index in [4.69, 9.17) is 11.6 Å². The number of alkyl halides is 1. The molecule has 0 spiro atoms. The van der Waals surface area contributed by atoms with E-state index < -0.39 is 11.0 Å². The van der Waals surface area contributed by atoms with E-state index in [1.54, 1.807) is 6.20 Å². The highest BCUT2D eigenvalue weighted by molar-refractivity contribution is 7.84. The number of aromatic nitrogens is 1. The van der Waals surface area contributed by atoms with Crippen LogP contribution in [0.4, 0.5) is 0 Å². The van der Waals surface area contributed by atoms with E-state index >= 15 is 0 Å². The van der Waals surface area contributed by atoms with Crippen molar-refractivity contribution in [3.05, 3.63) is 30.1 Å². The van der Waals surface area contributed by atoms with Crippen LogP contribution in [0.5, 0.6) is 0 Å². The normalized spacial score (nSPS) is 15.3. The molecule has 0 saturated carbocycles. The van der Waals surface area contributed by atoms with Crippen LogP contribution in [0.25, 0.3) is 0 Å². The molecule has 0 aromatic carbocycles. The maximum absolute atomic E-state index is 12.2. The van der Waals surface area contributed by atoms with Crippen molar-refractivity contribution < 1.29 is 4.21 Å². The van der Waals surface area contributed by atoms with E-state index in [1.165, 1.54) is 0 Å². The molecule has 18 heavy (non-hydrogen) atoms. The second-order valence-electron chi connectivity index (χ2n) is 5.17. The molecule has 102 valence electrons. The number of pyridine rings is 1. The Balaban J connectivity index is 2.77. The molecule has 1 heterocycles. The zero-order valence-electron chi connectivity index (χ0n) is 11.1. The van der Waals surface area contributed by atoms with Gasteiger partial charge in [0.15, 0.2) is 0 Å². The Morgan fingerprint density at radius 3 is 2.72 bits per heavy atom. The van der Waals surface area contributed by atoms with Gasteiger partial charge in [-0.05, 0) is 45.2 Å². The summed E-state index contributed by atoms with van der Waals surface area (Å²) in [6.45, 7) is 5.87. The SMILES string of the molecule is CC(C)(C)S(=O)N[C@H](CCCCl)c1cccnc1. The molecule has 1 N–H and O–H groups in total. The predicted octanol–water partition coefficient (Wildman–Crippen LogP) is 3.19. The Bertz CT molecular complexity index is 378. The van der Waals surface area contributed by atoms with Crippen molar-refractivity contribution in [2.24, 2.45) is 0 Å². The van der Waals surface area contributed by atoms with Gasteiger partial charge in [0.1, 0.15) is 0 Å². The molecular formula is C13H21ClN2OS. The van der Waals surface area contributed by atoms with E-state index in [2.05, 4.69) is 9.71 Å². The van der Waals surface area contributed by atoms with Gasteiger partial charge in [-0.2, -0.15) is 0 Å². The highest BCUT2D eigenvalue weighted by Gasteiger charge is 2.23. The standard InChI is InChI=1S/C13H21ClN2OS/c1-13(2,3)18(17)16-12(7-4-8-14)11-6-5-9-15-10-11/h5-6,9-10,12,16H,4,7-8H2,1-3H3/t12-,18?/m1/s1. The molecule has 0 aliphatic carbocycles. The summed E-state index contributed by atoms with van der Waals surface area (Å²) < 4.78 is 15.1. The van der Waals surface area contributed by atoms with Gasteiger partial charge in [-0.3, -0.25) is 4.98 Å². The molecule has 0 amide bonds. The number of nitrogens with zero attached hydrogens (tertiary/aromatic N) is 1. The summed E-state index contributed by atoms with van der Waals surface area (Å²) in [4.78, 5) is 4.11. The lowest BCUT2D eigenvalue weighted by atomic mass is 10.1. The van der Waals surface area contributed by atoms with E-state index in [9.17, 15) is 4.21 Å². The Morgan fingerprint density at radius 2 is 2.22 bits per heavy atom. The second-order valence-corrected chi connectivity index (χ2v) is 7.54. The minimum Gasteiger partial charge on any atom is -0.264 e. The molecule has 1 unspecified atom stereocenters. The molecule has 1 aromatic rings. The quantitative estimate of drug-likeness (QED) is 0.817. The lowest BCUT2D eigenvalue weighted by Crippen LogP contribution is -2.35. The van der Waals surface area contributed by atoms with Gasteiger partial charge in [0.25, 0.3) is 0 Å². The fourth-order valence-corrected chi connectivity index (χ4v) is 2.48. The molecule has 5 heteroatoms. The van der Waals surface area contributed by atoms with Crippen molar-refractivity contribution in [2.45, 2.75) is 44.4 Å². The van der Waals surface area contributed by atoms with Gasteiger partial charge < -0.3 is 0 Å². The van der Waals surface area contributed by atoms with Crippen LogP contribution in [0.15, 0.2) is 24.5 Å². The van der Waals surface area contributed by atoms with Crippen molar-refractivity contribution >= 4 is 22.6 Å². The molecule has 0 radical (unpaired) electrons. The summed E-state index contributed by atoms with van der Waals surface area (Å²) >= 11 is 5.74. The molecule has 0 bridgehead atoms. The van der Waals surface area contributed by atoms with E-state index in [1.807, 2.05) is 39.1 Å². The summed E-state index contributed by atoms with van der Waals surface area (Å²) in [5.74, 6) is 0.612. The first-order valence-corrected chi connectivity index (χ1v) is 7.77. The largest absolute Gasteiger partial charge is 0.264 e. The highest BCUT2D eigenvalue weighted by atomic mass is 35.5. The zero-order valence-corrected chi connectivity index (χ0v) is 12.7. The molecule has 0 fully saturated rings. The van der Waals surface area contributed by atoms with Crippen LogP contribution in [0.3, 0.4) is 0 Å². The van der Waals surface area contributed by atoms with Crippen molar-refractivity contribution in [1.82, 2.24) is 9.71 Å². The smallest absolute Gasteiger partial charge is 0.0975 e. The summed E-state index contributed by atoms with van der Waals surface area (Å²) in [7, 11) is -1.09. The van der Waals surface area contributed by atoms with E-state index in [-0.39, 0.29) is 10.8 Å². The number of hydrogen-bond acceptors (Lipinski definition) is 2. The van der Waals surface area contributed by atoms with Crippen LogP contribution in [-0.4, -0.2) is 19.8 Å². The summed E-state index contributed by atoms with van der Waals surface area (Å²) in [5.41, 5.74) is 1.06. The van der Waals surface area contributed by atoms with Gasteiger partial charge in [-0.1, -0.05) is 6.07 Å². The Morgan fingerprint density at radius 1 is 1.50 bits per heavy atom. The molecule has 1 rings (SSSR count). The van der Waals surface area contributed by atoms with Crippen LogP contribution in [-0.2, 0) is 11.0 Å². The number of nitrogens with one attached hydrogen (secondary N) is 1. The number of rotatable bonds is 6. The van der Waals surface area contributed by atoms with Gasteiger partial charge >= 0.3 is 0 Å². The lowest BCUT2D eigenvalue weighted by Gasteiger charge is -2.24. The zero-order chi connectivity index (χ0) is 13.6. The number of halogens is 1. The molecular weight excluding hydrogens is 268 g/mol. The Labute approximate surface area is 117 Å². The van der Waals surface area contributed by atoms with Gasteiger partial charge in [0.2, 0.25) is 0 Å². The second kappa shape index (κ2) is 7.22. The first kappa shape index (κ1) is 15.6. The molecule has 0 aliphatic heterocycles. The van der Waals surface area contributed by atoms with Crippen molar-refractivity contribution in [2.75, 3.05) is 5.88 Å². The van der Waals surface area contributed by atoms with Crippen LogP contribution < -0.4 is 4.72 Å². The van der Waals surface area contributed by atoms with Crippen LogP contribution in [0.2, 0.25) is 0 Å². The molecule has 1 aromatic heterocycles. The van der Waals surface area contributed by atoms with Gasteiger partial charge in [-0.25, -0.2) is 8.93 Å². The van der Waals surface area contributed by atoms with Gasteiger partial charge in [-0.15, -0.1) is 11.6 Å². The van der Waals surface area contributed by atoms with Crippen molar-refractivity contribution in [3.8, 4) is 0 Å². The third kappa shape index (κ3) is 5.04. The van der Waals surface area contributed by atoms with Crippen molar-refractivity contribution in [3.63, 3.8) is 0 Å². The van der Waals surface area contributed by atoms with Crippen LogP contribution >= 0.6 is 11.6 Å². The monoisotopic (exact) mass is 288 g/mol. The first-order chi connectivity index (χ1) is 8.45. The van der Waals surface area contributed by atoms with E-state index in [0.29, 0.717) is 5.88 Å². The molecule has 3 nitrogen and oxygen atoms in total. The maximum Gasteiger partial charge on any atom is 0.0975 e. The number of hydrogen-bond donors (Lipinski definition) is 1. The minimum absolute atomic E-state index is 0.0394. The fraction of sp³-hybridized carbons (Fsp3) is 0.615. The first-order valence-electron chi connectivity index (χ1n) is 6.09. The summed E-state index contributed by atoms with van der Waals surface area (Å²) in [5, 5.41) is 0. The lowest BCUT2D eigenvalue weighted by molar-refractivity contribution is 0.565. The Hall–Kier alpha value is -0.450. The molecule has 0 saturated heterocycles. The third-order valence-corrected chi connectivity index (χ3v) is 4.40. The van der Waals surface area contributed by atoms with Gasteiger partial charge in [0.05, 0.1) is 15.7 Å². The summed E-state index contributed by atoms with van der Waals surface area (Å²) in [6.07, 6.45) is 5.29. The van der Waals surface area contributed by atoms with Crippen LogP contribution in [0.1, 0.15) is 45.2 Å². The van der Waals surface area contributed by atoms with E-state index in [0.717, 1.165) is 18.4 Å². The Kier molecular flexibility index (Phi) is 6.26. The van der Waals surface area contributed by atoms with Gasteiger partial charge in [0, 0.05) is 24.3 Å². The van der Waals surface area contributed by atoms with Crippen LogP contribution in [0, 0.1) is 0 Å². The highest BCUT2D eigenvalue weighted by Crippen LogP contribution is 2.21. The minimum atomic E-state index is -1.09. The van der Waals surface area contributed by atoms with Crippen molar-refractivity contribution in [1.29, 1.82) is 0 Å². The average molecular weight is 289 g/mol. The third-order valence-electron chi connectivity index (χ3n) is 2.52. The fourth-order valence-electron chi connectivity index (χ4n) is 1.46. The topological polar surface area (TPSA) is 42.0 Å². The molecule has 0 aliphatic rings.